The molecule has 2 atom stereocenters. The predicted molar refractivity (Wildman–Crippen MR) is 156 cm³/mol. The summed E-state index contributed by atoms with van der Waals surface area (Å²) in [5.41, 5.74) is 7.25. The van der Waals surface area contributed by atoms with Gasteiger partial charge in [-0.3, -0.25) is 14.8 Å². The Morgan fingerprint density at radius 1 is 1.12 bits per heavy atom. The summed E-state index contributed by atoms with van der Waals surface area (Å²) in [5.74, 6) is -1.07. The van der Waals surface area contributed by atoms with E-state index in [2.05, 4.69) is 49.1 Å². The first kappa shape index (κ1) is 31.5. The van der Waals surface area contributed by atoms with Crippen molar-refractivity contribution in [2.24, 2.45) is 11.7 Å². The number of nitrogens with zero attached hydrogens (tertiary/aromatic N) is 3. The van der Waals surface area contributed by atoms with Crippen LogP contribution in [0.2, 0.25) is 18.1 Å². The fraction of sp³-hybridized carbons (Fsp3) is 0.586. The minimum absolute atomic E-state index is 0.0307. The number of nitrogens with one attached hydrogen (secondary N) is 1. The summed E-state index contributed by atoms with van der Waals surface area (Å²) in [4.78, 5) is 35.5. The number of ether oxygens (including phenoxy) is 1. The van der Waals surface area contributed by atoms with E-state index in [4.69, 9.17) is 14.9 Å². The second-order valence-corrected chi connectivity index (χ2v) is 17.8. The molecule has 1 aliphatic rings. The summed E-state index contributed by atoms with van der Waals surface area (Å²) in [6.45, 7) is 17.9. The topological polar surface area (TPSA) is 120 Å². The third-order valence-electron chi connectivity index (χ3n) is 7.57. The van der Waals surface area contributed by atoms with Gasteiger partial charge in [0.05, 0.1) is 17.4 Å². The number of likely N-dealkylation sites (tertiary alicyclic amines) is 1. The van der Waals surface area contributed by atoms with Crippen molar-refractivity contribution in [3.63, 3.8) is 0 Å². The number of aromatic nitrogens is 2. The molecule has 2 amide bonds. The van der Waals surface area contributed by atoms with Crippen molar-refractivity contribution < 1.29 is 23.1 Å². The van der Waals surface area contributed by atoms with Gasteiger partial charge in [-0.1, -0.05) is 20.8 Å². The van der Waals surface area contributed by atoms with Crippen molar-refractivity contribution in [3.8, 4) is 0 Å². The van der Waals surface area contributed by atoms with Crippen LogP contribution in [-0.4, -0.2) is 66.5 Å². The average molecular weight is 574 g/mol. The van der Waals surface area contributed by atoms with Gasteiger partial charge < -0.3 is 25.1 Å². The number of hydrogen-bond acceptors (Lipinski definition) is 7. The Hall–Kier alpha value is -3.05. The number of halogens is 1. The van der Waals surface area contributed by atoms with Crippen LogP contribution in [0, 0.1) is 11.7 Å². The van der Waals surface area contributed by atoms with E-state index in [1.807, 2.05) is 20.8 Å². The molecule has 1 fully saturated rings. The van der Waals surface area contributed by atoms with Crippen LogP contribution in [0.5, 0.6) is 0 Å². The number of hydrogen-bond donors (Lipinski definition) is 2. The molecule has 40 heavy (non-hydrogen) atoms. The lowest BCUT2D eigenvalue weighted by molar-refractivity contribution is 0.0121. The first-order chi connectivity index (χ1) is 18.4. The van der Waals surface area contributed by atoms with Crippen LogP contribution in [-0.2, 0) is 15.6 Å². The van der Waals surface area contributed by atoms with Crippen molar-refractivity contribution in [1.29, 1.82) is 0 Å². The Morgan fingerprint density at radius 2 is 1.80 bits per heavy atom. The third kappa shape index (κ3) is 8.47. The van der Waals surface area contributed by atoms with Gasteiger partial charge in [0.1, 0.15) is 11.4 Å². The maximum Gasteiger partial charge on any atom is 0.410 e. The summed E-state index contributed by atoms with van der Waals surface area (Å²) < 4.78 is 25.6. The first-order valence-electron chi connectivity index (χ1n) is 13.7. The number of primary amides is 1. The molecule has 0 aliphatic carbocycles. The van der Waals surface area contributed by atoms with Crippen molar-refractivity contribution in [1.82, 2.24) is 14.9 Å². The van der Waals surface area contributed by atoms with E-state index >= 15 is 0 Å². The highest BCUT2D eigenvalue weighted by Crippen LogP contribution is 2.37. The highest BCUT2D eigenvalue weighted by molar-refractivity contribution is 6.74. The molecule has 0 radical (unpaired) electrons. The molecule has 3 rings (SSSR count). The molecule has 3 N–H and O–H groups in total. The second kappa shape index (κ2) is 12.2. The van der Waals surface area contributed by atoms with Crippen LogP contribution >= 0.6 is 0 Å². The van der Waals surface area contributed by atoms with Crippen molar-refractivity contribution in [2.75, 3.05) is 25.0 Å². The van der Waals surface area contributed by atoms with Gasteiger partial charge in [-0.25, -0.2) is 9.18 Å². The summed E-state index contributed by atoms with van der Waals surface area (Å²) in [6.07, 6.45) is 3.26. The normalized spacial score (nSPS) is 18.4. The number of nitrogens with two attached hydrogens (primary N) is 1. The van der Waals surface area contributed by atoms with E-state index in [0.717, 1.165) is 6.20 Å². The largest absolute Gasteiger partial charge is 0.444 e. The van der Waals surface area contributed by atoms with E-state index in [0.29, 0.717) is 49.6 Å². The highest BCUT2D eigenvalue weighted by atomic mass is 28.4. The Kier molecular flexibility index (Phi) is 9.61. The maximum atomic E-state index is 13.3. The van der Waals surface area contributed by atoms with Gasteiger partial charge in [0.25, 0.3) is 5.91 Å². The molecule has 9 nitrogen and oxygen atoms in total. The molecule has 11 heteroatoms. The molecule has 220 valence electrons. The Balaban J connectivity index is 1.86. The van der Waals surface area contributed by atoms with Crippen LogP contribution in [0.1, 0.15) is 69.7 Å². The SMILES string of the molecule is CC(C)(C)OC(=O)N1CC[C@@H](Nc2cc(Cc3ccc(F)cn3)ncc2C(N)=O)[C@@H](CO[Si](C)(C)C(C)(C)C)C1. The fourth-order valence-electron chi connectivity index (χ4n) is 4.22. The van der Waals surface area contributed by atoms with E-state index in [9.17, 15) is 14.0 Å². The monoisotopic (exact) mass is 573 g/mol. The van der Waals surface area contributed by atoms with Gasteiger partial charge >= 0.3 is 6.09 Å². The van der Waals surface area contributed by atoms with Crippen LogP contribution in [0.25, 0.3) is 0 Å². The Bertz CT molecular complexity index is 1190. The second-order valence-electron chi connectivity index (χ2n) is 13.0. The van der Waals surface area contributed by atoms with Crippen molar-refractivity contribution >= 4 is 26.0 Å². The van der Waals surface area contributed by atoms with E-state index < -0.39 is 25.6 Å². The zero-order chi connectivity index (χ0) is 29.9. The van der Waals surface area contributed by atoms with Crippen LogP contribution in [0.4, 0.5) is 14.9 Å². The average Bonchev–Trinajstić information content (AvgIpc) is 2.83. The maximum absolute atomic E-state index is 13.3. The minimum Gasteiger partial charge on any atom is -0.444 e. The van der Waals surface area contributed by atoms with Crippen LogP contribution in [0.15, 0.2) is 30.6 Å². The zero-order valence-electron chi connectivity index (χ0n) is 25.0. The number of rotatable bonds is 8. The minimum atomic E-state index is -2.06. The molecule has 2 aromatic rings. The molecule has 1 saturated heterocycles. The van der Waals surface area contributed by atoms with Gasteiger partial charge in [0.2, 0.25) is 0 Å². The molecule has 0 saturated carbocycles. The Morgan fingerprint density at radius 3 is 2.38 bits per heavy atom. The molecule has 0 bridgehead atoms. The summed E-state index contributed by atoms with van der Waals surface area (Å²) in [7, 11) is -2.06. The van der Waals surface area contributed by atoms with Gasteiger partial charge in [0, 0.05) is 55.7 Å². The molecule has 2 aromatic heterocycles. The van der Waals surface area contributed by atoms with E-state index in [-0.39, 0.29) is 28.7 Å². The lowest BCUT2D eigenvalue weighted by Gasteiger charge is -2.42. The van der Waals surface area contributed by atoms with Crippen LogP contribution in [0.3, 0.4) is 0 Å². The van der Waals surface area contributed by atoms with Gasteiger partial charge in [-0.2, -0.15) is 0 Å². The molecule has 0 aromatic carbocycles. The molecular weight excluding hydrogens is 529 g/mol. The lowest BCUT2D eigenvalue weighted by Crippen LogP contribution is -2.53. The summed E-state index contributed by atoms with van der Waals surface area (Å²) in [6, 6.07) is 4.65. The first-order valence-corrected chi connectivity index (χ1v) is 16.6. The molecule has 3 heterocycles. The predicted octanol–water partition coefficient (Wildman–Crippen LogP) is 5.36. The number of piperidine rings is 1. The summed E-state index contributed by atoms with van der Waals surface area (Å²) >= 11 is 0. The van der Waals surface area contributed by atoms with Crippen molar-refractivity contribution in [3.05, 3.63) is 53.4 Å². The highest BCUT2D eigenvalue weighted by Gasteiger charge is 2.40. The number of carbonyl (C=O) groups is 2. The number of carbonyl (C=O) groups excluding carboxylic acids is 2. The van der Waals surface area contributed by atoms with Gasteiger partial charge in [-0.15, -0.1) is 0 Å². The number of anilines is 1. The van der Waals surface area contributed by atoms with E-state index in [1.165, 1.54) is 12.3 Å². The third-order valence-corrected chi connectivity index (χ3v) is 12.1. The Labute approximate surface area is 238 Å². The van der Waals surface area contributed by atoms with E-state index in [1.54, 1.807) is 17.0 Å². The summed E-state index contributed by atoms with van der Waals surface area (Å²) in [5, 5.41) is 3.57. The van der Waals surface area contributed by atoms with Crippen molar-refractivity contribution in [2.45, 2.75) is 84.2 Å². The zero-order valence-corrected chi connectivity index (χ0v) is 26.0. The smallest absolute Gasteiger partial charge is 0.410 e. The van der Waals surface area contributed by atoms with Gasteiger partial charge in [0.15, 0.2) is 8.32 Å². The molecule has 1 aliphatic heterocycles. The van der Waals surface area contributed by atoms with Gasteiger partial charge in [-0.05, 0) is 63.5 Å². The fourth-order valence-corrected chi connectivity index (χ4v) is 5.29. The molecular formula is C29H44FN5O4Si. The lowest BCUT2D eigenvalue weighted by atomic mass is 9.92. The van der Waals surface area contributed by atoms with Crippen LogP contribution < -0.4 is 11.1 Å². The number of amides is 2. The quantitative estimate of drug-likeness (QED) is 0.408. The standard InChI is InChI=1S/C29H44FN5O4Si/c1-28(2,3)39-27(37)35-12-11-24(19(17-35)18-38-40(7,8)29(4,5)6)34-25-14-22(33-16-23(25)26(31)36)13-21-10-9-20(30)15-32-21/h9-10,14-16,19,24H,11-13,17-18H2,1-8H3,(H2,31,36)(H,33,34)/t19-,24-/m1/s1. The number of pyridine rings is 2. The molecule has 0 unspecified atom stereocenters. The molecule has 0 spiro atoms.